The first-order valence-corrected chi connectivity index (χ1v) is 11.7. The molecule has 4 saturated carbocycles. The zero-order chi connectivity index (χ0) is 18.9. The highest BCUT2D eigenvalue weighted by Gasteiger charge is 2.62. The van der Waals surface area contributed by atoms with Crippen LogP contribution in [0, 0.1) is 46.3 Å². The van der Waals surface area contributed by atoms with Gasteiger partial charge in [0.1, 0.15) is 6.29 Å². The SMILES string of the molecule is C[C@H](C=O)C1CCC2C3CC[C@@H]4CC5(CC[C@]4(C)C3CCC21C)OCCO5. The van der Waals surface area contributed by atoms with Crippen LogP contribution in [0.1, 0.15) is 78.6 Å². The molecule has 1 heterocycles. The number of carbonyl (C=O) groups excluding carboxylic acids is 1. The van der Waals surface area contributed by atoms with E-state index in [0.717, 1.165) is 49.7 Å². The molecule has 0 amide bonds. The Kier molecular flexibility index (Phi) is 4.34. The van der Waals surface area contributed by atoms with Gasteiger partial charge in [0.15, 0.2) is 5.79 Å². The van der Waals surface area contributed by atoms with E-state index in [9.17, 15) is 4.79 Å². The minimum Gasteiger partial charge on any atom is -0.348 e. The van der Waals surface area contributed by atoms with Crippen LogP contribution < -0.4 is 0 Å². The fraction of sp³-hybridized carbons (Fsp3) is 0.958. The molecule has 5 unspecified atom stereocenters. The van der Waals surface area contributed by atoms with E-state index in [0.29, 0.717) is 16.7 Å². The van der Waals surface area contributed by atoms with E-state index in [1.54, 1.807) is 0 Å². The Bertz CT molecular complexity index is 596. The van der Waals surface area contributed by atoms with E-state index in [-0.39, 0.29) is 11.7 Å². The lowest BCUT2D eigenvalue weighted by atomic mass is 9.44. The molecule has 0 aromatic carbocycles. The summed E-state index contributed by atoms with van der Waals surface area (Å²) in [6.45, 7) is 8.88. The molecule has 1 spiro atoms. The second-order valence-corrected chi connectivity index (χ2v) is 11.2. The monoisotopic (exact) mass is 374 g/mol. The summed E-state index contributed by atoms with van der Waals surface area (Å²) in [7, 11) is 0. The van der Waals surface area contributed by atoms with Crippen molar-refractivity contribution in [3.63, 3.8) is 0 Å². The van der Waals surface area contributed by atoms with Gasteiger partial charge in [-0.05, 0) is 85.4 Å². The third kappa shape index (κ3) is 2.56. The largest absolute Gasteiger partial charge is 0.348 e. The third-order valence-corrected chi connectivity index (χ3v) is 10.4. The molecule has 5 rings (SSSR count). The summed E-state index contributed by atoms with van der Waals surface area (Å²) in [5, 5.41) is 0. The summed E-state index contributed by atoms with van der Waals surface area (Å²) >= 11 is 0. The van der Waals surface area contributed by atoms with Crippen LogP contribution in [0.4, 0.5) is 0 Å². The lowest BCUT2D eigenvalue weighted by Crippen LogP contribution is -2.56. The predicted molar refractivity (Wildman–Crippen MR) is 105 cm³/mol. The molecule has 0 bridgehead atoms. The van der Waals surface area contributed by atoms with Gasteiger partial charge in [-0.3, -0.25) is 0 Å². The molecule has 3 nitrogen and oxygen atoms in total. The van der Waals surface area contributed by atoms with Crippen molar-refractivity contribution in [2.45, 2.75) is 84.3 Å². The van der Waals surface area contributed by atoms with Crippen molar-refractivity contribution in [2.24, 2.45) is 46.3 Å². The van der Waals surface area contributed by atoms with E-state index in [4.69, 9.17) is 9.47 Å². The molecular formula is C24H38O3. The summed E-state index contributed by atoms with van der Waals surface area (Å²) in [5.41, 5.74) is 0.872. The predicted octanol–water partition coefficient (Wildman–Crippen LogP) is 5.22. The molecule has 0 N–H and O–H groups in total. The van der Waals surface area contributed by atoms with Crippen LogP contribution >= 0.6 is 0 Å². The lowest BCUT2D eigenvalue weighted by Gasteiger charge is -2.62. The Labute approximate surface area is 164 Å². The highest BCUT2D eigenvalue weighted by Crippen LogP contribution is 2.69. The van der Waals surface area contributed by atoms with Gasteiger partial charge in [-0.15, -0.1) is 0 Å². The van der Waals surface area contributed by atoms with Gasteiger partial charge in [-0.2, -0.15) is 0 Å². The number of ether oxygens (including phenoxy) is 2. The van der Waals surface area contributed by atoms with Crippen LogP contribution in [0.25, 0.3) is 0 Å². The maximum absolute atomic E-state index is 11.5. The molecular weight excluding hydrogens is 336 g/mol. The van der Waals surface area contributed by atoms with E-state index in [1.165, 1.54) is 51.2 Å². The normalized spacial score (nSPS) is 52.0. The smallest absolute Gasteiger partial charge is 0.168 e. The van der Waals surface area contributed by atoms with E-state index in [2.05, 4.69) is 20.8 Å². The summed E-state index contributed by atoms with van der Waals surface area (Å²) in [6, 6.07) is 0. The fourth-order valence-corrected chi connectivity index (χ4v) is 8.96. The van der Waals surface area contributed by atoms with Crippen molar-refractivity contribution in [3.05, 3.63) is 0 Å². The van der Waals surface area contributed by atoms with Crippen molar-refractivity contribution in [3.8, 4) is 0 Å². The zero-order valence-electron chi connectivity index (χ0n) is 17.5. The number of hydrogen-bond donors (Lipinski definition) is 0. The molecule has 3 heteroatoms. The Hall–Kier alpha value is -0.410. The van der Waals surface area contributed by atoms with Gasteiger partial charge < -0.3 is 14.3 Å². The van der Waals surface area contributed by atoms with Gasteiger partial charge in [-0.25, -0.2) is 0 Å². The Morgan fingerprint density at radius 3 is 2.37 bits per heavy atom. The van der Waals surface area contributed by atoms with Crippen molar-refractivity contribution in [1.29, 1.82) is 0 Å². The molecule has 5 fully saturated rings. The number of carbonyl (C=O) groups is 1. The van der Waals surface area contributed by atoms with E-state index >= 15 is 0 Å². The molecule has 1 aliphatic heterocycles. The van der Waals surface area contributed by atoms with Gasteiger partial charge in [0, 0.05) is 18.8 Å². The van der Waals surface area contributed by atoms with E-state index in [1.807, 2.05) is 0 Å². The molecule has 152 valence electrons. The van der Waals surface area contributed by atoms with Crippen molar-refractivity contribution in [1.82, 2.24) is 0 Å². The van der Waals surface area contributed by atoms with Crippen LogP contribution in [0.3, 0.4) is 0 Å². The topological polar surface area (TPSA) is 35.5 Å². The fourth-order valence-electron chi connectivity index (χ4n) is 8.96. The summed E-state index contributed by atoms with van der Waals surface area (Å²) in [6.07, 6.45) is 12.8. The Morgan fingerprint density at radius 1 is 0.889 bits per heavy atom. The highest BCUT2D eigenvalue weighted by molar-refractivity contribution is 5.53. The number of fused-ring (bicyclic) bond motifs is 5. The number of hydrogen-bond acceptors (Lipinski definition) is 3. The van der Waals surface area contributed by atoms with Gasteiger partial charge in [0.2, 0.25) is 0 Å². The van der Waals surface area contributed by atoms with Gasteiger partial charge in [0.25, 0.3) is 0 Å². The minimum atomic E-state index is -0.238. The van der Waals surface area contributed by atoms with Crippen molar-refractivity contribution < 1.29 is 14.3 Å². The van der Waals surface area contributed by atoms with Gasteiger partial charge in [-0.1, -0.05) is 20.8 Å². The maximum atomic E-state index is 11.5. The summed E-state index contributed by atoms with van der Waals surface area (Å²) in [5.74, 6) is 3.97. The summed E-state index contributed by atoms with van der Waals surface area (Å²) in [4.78, 5) is 11.5. The molecule has 0 aromatic rings. The minimum absolute atomic E-state index is 0.231. The van der Waals surface area contributed by atoms with Crippen LogP contribution in [0.5, 0.6) is 0 Å². The van der Waals surface area contributed by atoms with E-state index < -0.39 is 0 Å². The first kappa shape index (κ1) is 18.6. The van der Waals surface area contributed by atoms with Gasteiger partial charge >= 0.3 is 0 Å². The highest BCUT2D eigenvalue weighted by atomic mass is 16.7. The van der Waals surface area contributed by atoms with Crippen molar-refractivity contribution >= 4 is 6.29 Å². The molecule has 27 heavy (non-hydrogen) atoms. The standard InChI is InChI=1S/C24H38O3/c1-16(15-25)19-6-7-20-18-5-4-17-14-24(26-12-13-27-24)11-10-22(17,2)21(18)8-9-23(19,20)3/h15-21H,4-14H2,1-3H3/t16-,17-,18?,19?,20?,21?,22+,23?/m1/s1. The second kappa shape index (κ2) is 6.29. The van der Waals surface area contributed by atoms with Crippen LogP contribution in [0.15, 0.2) is 0 Å². The third-order valence-electron chi connectivity index (χ3n) is 10.4. The first-order chi connectivity index (χ1) is 12.9. The molecule has 8 atom stereocenters. The Balaban J connectivity index is 1.38. The molecule has 0 radical (unpaired) electrons. The van der Waals surface area contributed by atoms with Crippen LogP contribution in [-0.2, 0) is 14.3 Å². The van der Waals surface area contributed by atoms with Crippen LogP contribution in [0.2, 0.25) is 0 Å². The maximum Gasteiger partial charge on any atom is 0.168 e. The average molecular weight is 375 g/mol. The molecule has 0 aromatic heterocycles. The van der Waals surface area contributed by atoms with Crippen molar-refractivity contribution in [2.75, 3.05) is 13.2 Å². The van der Waals surface area contributed by atoms with Gasteiger partial charge in [0.05, 0.1) is 13.2 Å². The average Bonchev–Trinajstić information content (AvgIpc) is 3.26. The second-order valence-electron chi connectivity index (χ2n) is 11.2. The quantitative estimate of drug-likeness (QED) is 0.621. The summed E-state index contributed by atoms with van der Waals surface area (Å²) < 4.78 is 12.2. The number of aldehydes is 1. The molecule has 4 aliphatic carbocycles. The lowest BCUT2D eigenvalue weighted by molar-refractivity contribution is -0.229. The molecule has 5 aliphatic rings. The Morgan fingerprint density at radius 2 is 1.63 bits per heavy atom. The molecule has 1 saturated heterocycles. The van der Waals surface area contributed by atoms with Crippen LogP contribution in [-0.4, -0.2) is 25.3 Å². The first-order valence-electron chi connectivity index (χ1n) is 11.7. The zero-order valence-corrected chi connectivity index (χ0v) is 17.5. The number of rotatable bonds is 2.